The van der Waals surface area contributed by atoms with Crippen LogP contribution >= 0.6 is 0 Å². The van der Waals surface area contributed by atoms with E-state index in [4.69, 9.17) is 4.98 Å². The fraction of sp³-hybridized carbons (Fsp3) is 0.800. The molecule has 2 atom stereocenters. The van der Waals surface area contributed by atoms with E-state index in [1.165, 1.54) is 12.8 Å². The monoisotopic (exact) mass is 375 g/mol. The van der Waals surface area contributed by atoms with Gasteiger partial charge >= 0.3 is 0 Å². The van der Waals surface area contributed by atoms with Crippen molar-refractivity contribution >= 4 is 11.8 Å². The van der Waals surface area contributed by atoms with Crippen LogP contribution in [0.1, 0.15) is 31.4 Å². The van der Waals surface area contributed by atoms with Crippen molar-refractivity contribution in [3.63, 3.8) is 0 Å². The van der Waals surface area contributed by atoms with Crippen LogP contribution in [-0.4, -0.2) is 83.6 Å². The van der Waals surface area contributed by atoms with E-state index in [0.717, 1.165) is 76.1 Å². The van der Waals surface area contributed by atoms with Crippen LogP contribution in [0, 0.1) is 18.8 Å². The molecule has 0 amide bonds. The standard InChI is InChI=1S/C20H33N5O2/c1-15-10-19(22-20(21-15)24-6-2-3-7-24)25-12-16(17(13-25)14-26)11-23-8-4-18(27)5-9-23/h10,16-18,26-27H,2-9,11-14H2,1H3/t16-,17-/m1/s1. The molecule has 3 saturated heterocycles. The van der Waals surface area contributed by atoms with Crippen molar-refractivity contribution < 1.29 is 10.2 Å². The van der Waals surface area contributed by atoms with Crippen molar-refractivity contribution in [1.82, 2.24) is 14.9 Å². The number of rotatable bonds is 5. The first-order chi connectivity index (χ1) is 13.1. The van der Waals surface area contributed by atoms with Crippen LogP contribution in [-0.2, 0) is 0 Å². The summed E-state index contributed by atoms with van der Waals surface area (Å²) in [6.45, 7) is 9.06. The second-order valence-corrected chi connectivity index (χ2v) is 8.50. The number of hydrogen-bond acceptors (Lipinski definition) is 7. The number of aryl methyl sites for hydroxylation is 1. The zero-order chi connectivity index (χ0) is 18.8. The number of likely N-dealkylation sites (tertiary alicyclic amines) is 1. The number of hydrogen-bond donors (Lipinski definition) is 2. The Balaban J connectivity index is 1.45. The van der Waals surface area contributed by atoms with Crippen LogP contribution in [0.4, 0.5) is 11.8 Å². The lowest BCUT2D eigenvalue weighted by Crippen LogP contribution is -2.40. The van der Waals surface area contributed by atoms with E-state index in [0.29, 0.717) is 5.92 Å². The van der Waals surface area contributed by atoms with Crippen LogP contribution in [0.15, 0.2) is 6.07 Å². The van der Waals surface area contributed by atoms with Gasteiger partial charge in [-0.25, -0.2) is 4.98 Å². The van der Waals surface area contributed by atoms with Crippen LogP contribution in [0.5, 0.6) is 0 Å². The van der Waals surface area contributed by atoms with Crippen molar-refractivity contribution in [3.05, 3.63) is 11.8 Å². The van der Waals surface area contributed by atoms with Crippen molar-refractivity contribution in [1.29, 1.82) is 0 Å². The van der Waals surface area contributed by atoms with Gasteiger partial charge in [-0.3, -0.25) is 0 Å². The predicted octanol–water partition coefficient (Wildman–Crippen LogP) is 0.887. The van der Waals surface area contributed by atoms with Gasteiger partial charge in [0.1, 0.15) is 5.82 Å². The summed E-state index contributed by atoms with van der Waals surface area (Å²) in [5, 5.41) is 19.7. The Bertz CT molecular complexity index is 629. The summed E-state index contributed by atoms with van der Waals surface area (Å²) in [5.74, 6) is 2.58. The lowest BCUT2D eigenvalue weighted by atomic mass is 9.95. The molecule has 3 fully saturated rings. The largest absolute Gasteiger partial charge is 0.396 e. The quantitative estimate of drug-likeness (QED) is 0.791. The molecule has 0 spiro atoms. The molecule has 150 valence electrons. The molecular weight excluding hydrogens is 342 g/mol. The summed E-state index contributed by atoms with van der Waals surface area (Å²) < 4.78 is 0. The molecule has 0 radical (unpaired) electrons. The molecule has 0 saturated carbocycles. The maximum Gasteiger partial charge on any atom is 0.227 e. The van der Waals surface area contributed by atoms with E-state index in [9.17, 15) is 10.2 Å². The van der Waals surface area contributed by atoms with E-state index in [-0.39, 0.29) is 18.6 Å². The van der Waals surface area contributed by atoms with Gasteiger partial charge in [-0.2, -0.15) is 4.98 Å². The third-order valence-corrected chi connectivity index (χ3v) is 6.40. The highest BCUT2D eigenvalue weighted by Gasteiger charge is 2.35. The molecule has 0 unspecified atom stereocenters. The van der Waals surface area contributed by atoms with Gasteiger partial charge < -0.3 is 24.9 Å². The highest BCUT2D eigenvalue weighted by molar-refractivity contribution is 5.47. The molecule has 0 bridgehead atoms. The third-order valence-electron chi connectivity index (χ3n) is 6.40. The highest BCUT2D eigenvalue weighted by atomic mass is 16.3. The second-order valence-electron chi connectivity index (χ2n) is 8.50. The lowest BCUT2D eigenvalue weighted by Gasteiger charge is -2.32. The van der Waals surface area contributed by atoms with Crippen LogP contribution in [0.25, 0.3) is 0 Å². The number of aliphatic hydroxyl groups excluding tert-OH is 2. The molecular formula is C20H33N5O2. The number of aromatic nitrogens is 2. The van der Waals surface area contributed by atoms with Gasteiger partial charge in [0.25, 0.3) is 0 Å². The first-order valence-electron chi connectivity index (χ1n) is 10.5. The van der Waals surface area contributed by atoms with E-state index < -0.39 is 0 Å². The molecule has 4 rings (SSSR count). The van der Waals surface area contributed by atoms with Crippen molar-refractivity contribution in [3.8, 4) is 0 Å². The Morgan fingerprint density at radius 2 is 1.70 bits per heavy atom. The molecule has 1 aromatic rings. The van der Waals surface area contributed by atoms with Crippen molar-refractivity contribution in [2.45, 2.75) is 38.7 Å². The minimum Gasteiger partial charge on any atom is -0.396 e. The number of nitrogens with zero attached hydrogens (tertiary/aromatic N) is 5. The topological polar surface area (TPSA) is 76.0 Å². The van der Waals surface area contributed by atoms with Gasteiger partial charge in [-0.05, 0) is 38.5 Å². The average Bonchev–Trinajstić information content (AvgIpc) is 3.33. The first-order valence-corrected chi connectivity index (χ1v) is 10.5. The van der Waals surface area contributed by atoms with E-state index >= 15 is 0 Å². The molecule has 1 aromatic heterocycles. The zero-order valence-electron chi connectivity index (χ0n) is 16.4. The fourth-order valence-electron chi connectivity index (χ4n) is 4.73. The van der Waals surface area contributed by atoms with Gasteiger partial charge in [0.2, 0.25) is 5.95 Å². The Labute approximate surface area is 162 Å². The van der Waals surface area contributed by atoms with E-state index in [1.807, 2.05) is 6.92 Å². The van der Waals surface area contributed by atoms with Crippen molar-refractivity contribution in [2.75, 3.05) is 62.2 Å². The Kier molecular flexibility index (Phi) is 5.80. The second kappa shape index (κ2) is 8.29. The molecule has 7 nitrogen and oxygen atoms in total. The molecule has 27 heavy (non-hydrogen) atoms. The maximum atomic E-state index is 9.93. The molecule has 0 aliphatic carbocycles. The molecule has 3 aliphatic rings. The summed E-state index contributed by atoms with van der Waals surface area (Å²) in [6.07, 6.45) is 4.03. The predicted molar refractivity (Wildman–Crippen MR) is 106 cm³/mol. The van der Waals surface area contributed by atoms with Gasteiger partial charge in [0, 0.05) is 70.1 Å². The third kappa shape index (κ3) is 4.36. The fourth-order valence-corrected chi connectivity index (χ4v) is 4.73. The summed E-state index contributed by atoms with van der Waals surface area (Å²) in [4.78, 5) is 16.6. The minimum atomic E-state index is -0.136. The molecule has 3 aliphatic heterocycles. The van der Waals surface area contributed by atoms with E-state index in [2.05, 4.69) is 25.8 Å². The summed E-state index contributed by atoms with van der Waals surface area (Å²) >= 11 is 0. The summed E-state index contributed by atoms with van der Waals surface area (Å²) in [6, 6.07) is 2.08. The first kappa shape index (κ1) is 18.9. The van der Waals surface area contributed by atoms with Gasteiger partial charge in [0.15, 0.2) is 0 Å². The Hall–Kier alpha value is -1.44. The highest BCUT2D eigenvalue weighted by Crippen LogP contribution is 2.30. The number of aliphatic hydroxyl groups is 2. The SMILES string of the molecule is Cc1cc(N2C[C@@H](CN3CCC(O)CC3)[C@@H](CO)C2)nc(N2CCCC2)n1. The maximum absolute atomic E-state index is 9.93. The summed E-state index contributed by atoms with van der Waals surface area (Å²) in [5.41, 5.74) is 1.01. The van der Waals surface area contributed by atoms with Crippen molar-refractivity contribution in [2.24, 2.45) is 11.8 Å². The van der Waals surface area contributed by atoms with E-state index in [1.54, 1.807) is 0 Å². The normalized spacial score (nSPS) is 27.7. The molecule has 4 heterocycles. The van der Waals surface area contributed by atoms with Gasteiger partial charge in [-0.1, -0.05) is 0 Å². The molecule has 0 aromatic carbocycles. The smallest absolute Gasteiger partial charge is 0.227 e. The molecule has 7 heteroatoms. The zero-order valence-corrected chi connectivity index (χ0v) is 16.4. The Morgan fingerprint density at radius 3 is 2.41 bits per heavy atom. The average molecular weight is 376 g/mol. The lowest BCUT2D eigenvalue weighted by molar-refractivity contribution is 0.0687. The van der Waals surface area contributed by atoms with Crippen LogP contribution in [0.2, 0.25) is 0 Å². The Morgan fingerprint density at radius 1 is 1.00 bits per heavy atom. The number of piperidine rings is 1. The summed E-state index contributed by atoms with van der Waals surface area (Å²) in [7, 11) is 0. The van der Waals surface area contributed by atoms with Gasteiger partial charge in [-0.15, -0.1) is 0 Å². The van der Waals surface area contributed by atoms with Gasteiger partial charge in [0.05, 0.1) is 6.10 Å². The van der Waals surface area contributed by atoms with Crippen LogP contribution in [0.3, 0.4) is 0 Å². The minimum absolute atomic E-state index is 0.136. The number of anilines is 2. The molecule has 2 N–H and O–H groups in total. The van der Waals surface area contributed by atoms with Crippen LogP contribution < -0.4 is 9.80 Å².